The topological polar surface area (TPSA) is 78.9 Å². The van der Waals surface area contributed by atoms with Gasteiger partial charge in [0.25, 0.3) is 0 Å². The lowest BCUT2D eigenvalue weighted by Gasteiger charge is -2.18. The third kappa shape index (κ3) is 65.1. The largest absolute Gasteiger partial charge is 0.462 e. The maximum Gasteiger partial charge on any atom is 0.306 e. The van der Waals surface area contributed by atoms with Gasteiger partial charge in [-0.2, -0.15) is 0 Å². The van der Waals surface area contributed by atoms with Gasteiger partial charge in [0.05, 0.1) is 0 Å². The second-order valence-electron chi connectivity index (χ2n) is 24.5. The number of carbonyl (C=O) groups is 3. The second-order valence-corrected chi connectivity index (χ2v) is 24.5. The van der Waals surface area contributed by atoms with Crippen LogP contribution in [0.2, 0.25) is 0 Å². The lowest BCUT2D eigenvalue weighted by atomic mass is 10.0. The average molecular weight is 1090 g/mol. The molecule has 0 aliphatic heterocycles. The van der Waals surface area contributed by atoms with Gasteiger partial charge in [-0.05, 0) is 19.3 Å². The molecule has 0 rings (SSSR count). The Bertz CT molecular complexity index is 1160. The van der Waals surface area contributed by atoms with E-state index in [1.807, 2.05) is 0 Å². The molecule has 0 N–H and O–H groups in total. The predicted molar refractivity (Wildman–Crippen MR) is 335 cm³/mol. The molecule has 1 atom stereocenters. The molecular formula is C71H138O6. The number of hydrogen-bond acceptors (Lipinski definition) is 6. The number of carbonyl (C=O) groups excluding carboxylic acids is 3. The van der Waals surface area contributed by atoms with Gasteiger partial charge in [-0.1, -0.05) is 380 Å². The Morgan fingerprint density at radius 3 is 0.519 bits per heavy atom. The molecule has 0 radical (unpaired) electrons. The van der Waals surface area contributed by atoms with E-state index >= 15 is 0 Å². The van der Waals surface area contributed by atoms with E-state index in [9.17, 15) is 14.4 Å². The van der Waals surface area contributed by atoms with Crippen LogP contribution >= 0.6 is 0 Å². The van der Waals surface area contributed by atoms with Crippen molar-refractivity contribution < 1.29 is 28.6 Å². The minimum absolute atomic E-state index is 0.0614. The monoisotopic (exact) mass is 1090 g/mol. The smallest absolute Gasteiger partial charge is 0.306 e. The van der Waals surface area contributed by atoms with E-state index < -0.39 is 6.10 Å². The van der Waals surface area contributed by atoms with Gasteiger partial charge in [0.15, 0.2) is 6.10 Å². The molecule has 0 bridgehead atoms. The standard InChI is InChI=1S/C71H138O6/c1-4-7-10-13-16-18-20-22-24-26-28-29-30-31-32-33-34-35-36-37-38-39-40-41-43-44-46-48-50-52-55-58-61-64-70(73)76-67-68(66-75-69(72)63-60-57-54-15-12-9-6-3)77-71(74)65-62-59-56-53-51-49-47-45-42-27-25-23-21-19-17-14-11-8-5-2/h68H,4-67H2,1-3H3. The van der Waals surface area contributed by atoms with Crippen molar-refractivity contribution >= 4 is 17.9 Å². The Hall–Kier alpha value is -1.59. The normalized spacial score (nSPS) is 11.9. The number of esters is 3. The van der Waals surface area contributed by atoms with Crippen LogP contribution < -0.4 is 0 Å². The summed E-state index contributed by atoms with van der Waals surface area (Å²) in [5.74, 6) is -0.834. The number of unbranched alkanes of at least 4 members (excludes halogenated alkanes) is 56. The molecule has 0 amide bonds. The molecule has 6 nitrogen and oxygen atoms in total. The second kappa shape index (κ2) is 66.9. The van der Waals surface area contributed by atoms with E-state index in [1.54, 1.807) is 0 Å². The maximum atomic E-state index is 12.9. The SMILES string of the molecule is CCCCCCCCCCCCCCCCCCCCCCCCCCCCCCCCCCCC(=O)OCC(COC(=O)CCCCCCCCC)OC(=O)CCCCCCCCCCCCCCCCCCCCC. The Morgan fingerprint density at radius 1 is 0.208 bits per heavy atom. The summed E-state index contributed by atoms with van der Waals surface area (Å²) in [6.45, 7) is 6.69. The van der Waals surface area contributed by atoms with E-state index in [-0.39, 0.29) is 31.1 Å². The van der Waals surface area contributed by atoms with E-state index in [2.05, 4.69) is 20.8 Å². The molecule has 0 spiro atoms. The molecule has 0 saturated heterocycles. The molecule has 0 aromatic carbocycles. The fourth-order valence-electron chi connectivity index (χ4n) is 11.3. The highest BCUT2D eigenvalue weighted by Gasteiger charge is 2.19. The minimum atomic E-state index is -0.761. The number of rotatable bonds is 67. The van der Waals surface area contributed by atoms with E-state index in [0.29, 0.717) is 19.3 Å². The van der Waals surface area contributed by atoms with Gasteiger partial charge in [-0.15, -0.1) is 0 Å². The summed E-state index contributed by atoms with van der Waals surface area (Å²) < 4.78 is 16.9. The molecule has 0 aromatic heterocycles. The molecule has 0 heterocycles. The zero-order chi connectivity index (χ0) is 55.7. The first-order valence-electron chi connectivity index (χ1n) is 35.5. The molecule has 0 aliphatic carbocycles. The van der Waals surface area contributed by atoms with Crippen molar-refractivity contribution in [1.82, 2.24) is 0 Å². The van der Waals surface area contributed by atoms with Gasteiger partial charge in [-0.25, -0.2) is 0 Å². The fraction of sp³-hybridized carbons (Fsp3) is 0.958. The Labute approximate surface area is 482 Å². The highest BCUT2D eigenvalue weighted by atomic mass is 16.6. The van der Waals surface area contributed by atoms with Crippen molar-refractivity contribution in [2.45, 2.75) is 425 Å². The van der Waals surface area contributed by atoms with Gasteiger partial charge in [0, 0.05) is 19.3 Å². The number of ether oxygens (including phenoxy) is 3. The summed E-state index contributed by atoms with van der Waals surface area (Å²) in [7, 11) is 0. The summed E-state index contributed by atoms with van der Waals surface area (Å²) in [6, 6.07) is 0. The quantitative estimate of drug-likeness (QED) is 0.0343. The summed E-state index contributed by atoms with van der Waals surface area (Å²) >= 11 is 0. The van der Waals surface area contributed by atoms with Crippen molar-refractivity contribution in [3.05, 3.63) is 0 Å². The Kier molecular flexibility index (Phi) is 65.5. The van der Waals surface area contributed by atoms with E-state index in [1.165, 1.54) is 321 Å². The predicted octanol–water partition coefficient (Wildman–Crippen LogP) is 24.2. The summed E-state index contributed by atoms with van der Waals surface area (Å²) in [5, 5.41) is 0. The molecule has 0 aliphatic rings. The molecule has 0 saturated carbocycles. The summed E-state index contributed by atoms with van der Waals surface area (Å²) in [6.07, 6.45) is 79.0. The van der Waals surface area contributed by atoms with Crippen LogP contribution in [0.1, 0.15) is 419 Å². The molecule has 1 unspecified atom stereocenters. The van der Waals surface area contributed by atoms with Crippen LogP contribution in [0, 0.1) is 0 Å². The van der Waals surface area contributed by atoms with Crippen molar-refractivity contribution in [2.75, 3.05) is 13.2 Å². The number of hydrogen-bond donors (Lipinski definition) is 0. The lowest BCUT2D eigenvalue weighted by Crippen LogP contribution is -2.30. The van der Waals surface area contributed by atoms with Crippen LogP contribution in [0.4, 0.5) is 0 Å². The van der Waals surface area contributed by atoms with Crippen molar-refractivity contribution in [3.8, 4) is 0 Å². The minimum Gasteiger partial charge on any atom is -0.462 e. The highest BCUT2D eigenvalue weighted by Crippen LogP contribution is 2.20. The third-order valence-corrected chi connectivity index (χ3v) is 16.6. The highest BCUT2D eigenvalue weighted by molar-refractivity contribution is 5.71. The van der Waals surface area contributed by atoms with Crippen LogP contribution in [0.3, 0.4) is 0 Å². The molecule has 77 heavy (non-hydrogen) atoms. The van der Waals surface area contributed by atoms with Crippen molar-refractivity contribution in [3.63, 3.8) is 0 Å². The van der Waals surface area contributed by atoms with Gasteiger partial charge < -0.3 is 14.2 Å². The fourth-order valence-corrected chi connectivity index (χ4v) is 11.3. The van der Waals surface area contributed by atoms with Crippen LogP contribution in [-0.2, 0) is 28.6 Å². The van der Waals surface area contributed by atoms with Gasteiger partial charge >= 0.3 is 17.9 Å². The summed E-state index contributed by atoms with van der Waals surface area (Å²) in [5.41, 5.74) is 0. The van der Waals surface area contributed by atoms with Gasteiger partial charge in [-0.3, -0.25) is 14.4 Å². The van der Waals surface area contributed by atoms with Crippen LogP contribution in [0.5, 0.6) is 0 Å². The van der Waals surface area contributed by atoms with Crippen LogP contribution in [-0.4, -0.2) is 37.2 Å². The first kappa shape index (κ1) is 75.4. The first-order chi connectivity index (χ1) is 38.0. The molecule has 458 valence electrons. The first-order valence-corrected chi connectivity index (χ1v) is 35.5. The average Bonchev–Trinajstić information content (AvgIpc) is 3.43. The molecule has 0 fully saturated rings. The lowest BCUT2D eigenvalue weighted by molar-refractivity contribution is -0.167. The van der Waals surface area contributed by atoms with E-state index in [0.717, 1.165) is 57.8 Å². The van der Waals surface area contributed by atoms with Crippen LogP contribution in [0.25, 0.3) is 0 Å². The maximum absolute atomic E-state index is 12.9. The van der Waals surface area contributed by atoms with Gasteiger partial charge in [0.1, 0.15) is 13.2 Å². The molecule has 6 heteroatoms. The summed E-state index contributed by atoms with van der Waals surface area (Å²) in [4.78, 5) is 38.1. The Morgan fingerprint density at radius 2 is 0.351 bits per heavy atom. The van der Waals surface area contributed by atoms with Gasteiger partial charge in [0.2, 0.25) is 0 Å². The molecular weight excluding hydrogens is 949 g/mol. The molecule has 0 aromatic rings. The zero-order valence-corrected chi connectivity index (χ0v) is 52.8. The third-order valence-electron chi connectivity index (χ3n) is 16.6. The van der Waals surface area contributed by atoms with Crippen LogP contribution in [0.15, 0.2) is 0 Å². The van der Waals surface area contributed by atoms with Crippen molar-refractivity contribution in [1.29, 1.82) is 0 Å². The van der Waals surface area contributed by atoms with Crippen molar-refractivity contribution in [2.24, 2.45) is 0 Å². The Balaban J connectivity index is 3.92. The zero-order valence-electron chi connectivity index (χ0n) is 52.8. The van der Waals surface area contributed by atoms with E-state index in [4.69, 9.17) is 14.2 Å².